The lowest BCUT2D eigenvalue weighted by Crippen LogP contribution is -2.76. The quantitative estimate of drug-likeness (QED) is 0.177. The SMILES string of the molecule is COCC1=C\[C@@H]2OC(=O)[C@H](C)[C@@]2(O)[C@@H](OC(C)=O)[C@H]2[C@@]3(CO3)[C@H](OC(C)=O)[C@H](OC(C)=O)[C@H](OC(C)=O)[C@]2(C)[C@@H](OC(=O)COC(=O)CC(C)C)/C=C\1. The lowest BCUT2D eigenvalue weighted by Gasteiger charge is -2.59. The molecule has 0 amide bonds. The summed E-state index contributed by atoms with van der Waals surface area (Å²) in [5.41, 5.74) is -5.87. The van der Waals surface area contributed by atoms with Gasteiger partial charge >= 0.3 is 41.8 Å². The summed E-state index contributed by atoms with van der Waals surface area (Å²) in [6, 6.07) is 0. The van der Waals surface area contributed by atoms with E-state index >= 15 is 0 Å². The van der Waals surface area contributed by atoms with Gasteiger partial charge in [-0.2, -0.15) is 0 Å². The summed E-state index contributed by atoms with van der Waals surface area (Å²) in [7, 11) is 1.38. The summed E-state index contributed by atoms with van der Waals surface area (Å²) in [5.74, 6) is -9.13. The summed E-state index contributed by atoms with van der Waals surface area (Å²) >= 11 is 0. The van der Waals surface area contributed by atoms with Gasteiger partial charge in [0.05, 0.1) is 24.5 Å². The zero-order chi connectivity index (χ0) is 39.6. The Labute approximate surface area is 306 Å². The van der Waals surface area contributed by atoms with E-state index in [1.807, 2.05) is 0 Å². The smallest absolute Gasteiger partial charge is 0.344 e. The number of methoxy groups -OCH3 is 1. The molecule has 17 heteroatoms. The summed E-state index contributed by atoms with van der Waals surface area (Å²) in [6.45, 7) is 9.45. The van der Waals surface area contributed by atoms with E-state index in [9.17, 15) is 38.7 Å². The highest BCUT2D eigenvalue weighted by Crippen LogP contribution is 2.63. The molecule has 4 aliphatic rings. The number of hydrogen-bond acceptors (Lipinski definition) is 17. The van der Waals surface area contributed by atoms with Crippen LogP contribution in [0.4, 0.5) is 0 Å². The number of fused-ring (bicyclic) bond motifs is 3. The minimum absolute atomic E-state index is 0.0142. The number of carbonyl (C=O) groups is 7. The van der Waals surface area contributed by atoms with E-state index in [-0.39, 0.29) is 25.6 Å². The summed E-state index contributed by atoms with van der Waals surface area (Å²) in [4.78, 5) is 90.7. The predicted molar refractivity (Wildman–Crippen MR) is 176 cm³/mol. The molecule has 17 nitrogen and oxygen atoms in total. The first kappa shape index (κ1) is 41.4. The Bertz CT molecular complexity index is 1540. The van der Waals surface area contributed by atoms with Gasteiger partial charge in [-0.3, -0.25) is 28.8 Å². The van der Waals surface area contributed by atoms with Crippen LogP contribution < -0.4 is 0 Å². The molecule has 0 aromatic carbocycles. The lowest BCUT2D eigenvalue weighted by atomic mass is 9.51. The van der Waals surface area contributed by atoms with E-state index < -0.39 is 113 Å². The van der Waals surface area contributed by atoms with Gasteiger partial charge in [0.2, 0.25) is 0 Å². The molecule has 0 aromatic heterocycles. The van der Waals surface area contributed by atoms with Crippen LogP contribution >= 0.6 is 0 Å². The van der Waals surface area contributed by atoms with E-state index in [4.69, 9.17) is 42.6 Å². The number of esters is 7. The molecule has 0 bridgehead atoms. The average molecular weight is 753 g/mol. The van der Waals surface area contributed by atoms with Crippen LogP contribution in [0.3, 0.4) is 0 Å². The Morgan fingerprint density at radius 1 is 0.887 bits per heavy atom. The van der Waals surface area contributed by atoms with Crippen LogP contribution in [0, 0.1) is 23.2 Å². The van der Waals surface area contributed by atoms with E-state index in [1.54, 1.807) is 13.8 Å². The maximum absolute atomic E-state index is 13.6. The van der Waals surface area contributed by atoms with Crippen molar-refractivity contribution in [3.8, 4) is 0 Å². The topological polar surface area (TPSA) is 226 Å². The van der Waals surface area contributed by atoms with Gasteiger partial charge in [-0.15, -0.1) is 0 Å². The number of epoxide rings is 1. The first-order chi connectivity index (χ1) is 24.7. The van der Waals surface area contributed by atoms with Gasteiger partial charge in [0.15, 0.2) is 36.6 Å². The van der Waals surface area contributed by atoms with E-state index in [1.165, 1.54) is 39.2 Å². The average Bonchev–Trinajstić information content (AvgIpc) is 3.79. The molecule has 4 rings (SSSR count). The van der Waals surface area contributed by atoms with Crippen LogP contribution in [0.15, 0.2) is 23.8 Å². The van der Waals surface area contributed by atoms with Gasteiger partial charge in [-0.05, 0) is 30.6 Å². The van der Waals surface area contributed by atoms with Crippen LogP contribution in [0.5, 0.6) is 0 Å². The highest BCUT2D eigenvalue weighted by molar-refractivity contribution is 5.78. The molecule has 0 radical (unpaired) electrons. The normalized spacial score (nSPS) is 37.4. The Morgan fingerprint density at radius 3 is 1.98 bits per heavy atom. The van der Waals surface area contributed by atoms with Gasteiger partial charge in [-0.25, -0.2) is 4.79 Å². The van der Waals surface area contributed by atoms with E-state index in [0.29, 0.717) is 5.57 Å². The fraction of sp³-hybridized carbons (Fsp3) is 0.694. The second-order valence-corrected chi connectivity index (χ2v) is 14.4. The highest BCUT2D eigenvalue weighted by atomic mass is 16.7. The highest BCUT2D eigenvalue weighted by Gasteiger charge is 2.81. The van der Waals surface area contributed by atoms with Crippen molar-refractivity contribution >= 4 is 41.8 Å². The van der Waals surface area contributed by atoms with Crippen molar-refractivity contribution in [3.63, 3.8) is 0 Å². The monoisotopic (exact) mass is 752 g/mol. The maximum Gasteiger partial charge on any atom is 0.344 e. The van der Waals surface area contributed by atoms with Gasteiger partial charge in [0.1, 0.15) is 17.8 Å². The molecule has 2 heterocycles. The van der Waals surface area contributed by atoms with Crippen molar-refractivity contribution in [2.24, 2.45) is 23.2 Å². The molecule has 1 N–H and O–H groups in total. The Hall–Kier alpha value is -4.35. The first-order valence-electron chi connectivity index (χ1n) is 17.2. The molecule has 2 aliphatic carbocycles. The molecule has 2 aliphatic heterocycles. The van der Waals surface area contributed by atoms with Crippen LogP contribution in [0.25, 0.3) is 0 Å². The fourth-order valence-electron chi connectivity index (χ4n) is 7.80. The lowest BCUT2D eigenvalue weighted by molar-refractivity contribution is -0.279. The molecular weight excluding hydrogens is 704 g/mol. The van der Waals surface area contributed by atoms with Crippen LogP contribution in [0.1, 0.15) is 61.8 Å². The third-order valence-electron chi connectivity index (χ3n) is 10.0. The van der Waals surface area contributed by atoms with Crippen molar-refractivity contribution in [1.29, 1.82) is 0 Å². The molecule has 1 spiro atoms. The summed E-state index contributed by atoms with van der Waals surface area (Å²) in [6.07, 6.45) is -5.53. The van der Waals surface area contributed by atoms with Crippen molar-refractivity contribution < 1.29 is 81.3 Å². The molecule has 53 heavy (non-hydrogen) atoms. The van der Waals surface area contributed by atoms with Gasteiger partial charge < -0.3 is 47.7 Å². The van der Waals surface area contributed by atoms with Crippen molar-refractivity contribution in [1.82, 2.24) is 0 Å². The van der Waals surface area contributed by atoms with E-state index in [0.717, 1.165) is 27.7 Å². The molecule has 294 valence electrons. The number of hydrogen-bond donors (Lipinski definition) is 1. The Morgan fingerprint density at radius 2 is 1.45 bits per heavy atom. The summed E-state index contributed by atoms with van der Waals surface area (Å²) in [5, 5.41) is 12.9. The maximum atomic E-state index is 13.6. The molecule has 3 fully saturated rings. The molecule has 11 atom stereocenters. The minimum Gasteiger partial charge on any atom is -0.459 e. The van der Waals surface area contributed by atoms with Crippen LogP contribution in [-0.4, -0.2) is 122 Å². The predicted octanol–water partition coefficient (Wildman–Crippen LogP) is 1.05. The van der Waals surface area contributed by atoms with Crippen molar-refractivity contribution in [2.45, 2.75) is 110 Å². The molecular formula is C36H48O17. The fourth-order valence-corrected chi connectivity index (χ4v) is 7.80. The Balaban J connectivity index is 2.09. The second-order valence-electron chi connectivity index (χ2n) is 14.4. The minimum atomic E-state index is -2.41. The third kappa shape index (κ3) is 8.26. The van der Waals surface area contributed by atoms with Gasteiger partial charge in [0.25, 0.3) is 0 Å². The Kier molecular flexibility index (Phi) is 12.5. The standard InChI is InChI=1S/C36H48O17/c1-17(2)12-26(41)46-15-27(42)52-24-11-10-23(14-45-9)13-25-36(44,18(3)33(43)53-25)32(51-22(7)40)29-34(24,8)30(49-20(5)38)28(48-19(4)37)31(50-21(6)39)35(29)16-47-35/h10-11,13,17-18,24-25,28-32,44H,12,14-16H2,1-9H3/b11-10-,23-13-/t18-,24-,25-,28+,29+,30-,31+,32-,34+,35-,36-/m0/s1. The van der Waals surface area contributed by atoms with E-state index in [2.05, 4.69) is 0 Å². The zero-order valence-corrected chi connectivity index (χ0v) is 31.2. The second kappa shape index (κ2) is 15.9. The number of rotatable bonds is 11. The number of ether oxygens (including phenoxy) is 9. The largest absolute Gasteiger partial charge is 0.459 e. The van der Waals surface area contributed by atoms with Crippen molar-refractivity contribution in [2.75, 3.05) is 26.9 Å². The number of aliphatic hydroxyl groups is 1. The zero-order valence-electron chi connectivity index (χ0n) is 31.2. The van der Waals surface area contributed by atoms with Crippen molar-refractivity contribution in [3.05, 3.63) is 23.8 Å². The van der Waals surface area contributed by atoms with Crippen LogP contribution in [-0.2, 0) is 76.2 Å². The van der Waals surface area contributed by atoms with Gasteiger partial charge in [-0.1, -0.05) is 26.8 Å². The van der Waals surface area contributed by atoms with Crippen LogP contribution in [0.2, 0.25) is 0 Å². The molecule has 0 unspecified atom stereocenters. The number of carbonyl (C=O) groups excluding carboxylic acids is 7. The molecule has 2 saturated heterocycles. The summed E-state index contributed by atoms with van der Waals surface area (Å²) < 4.78 is 51.7. The molecule has 0 aromatic rings. The third-order valence-corrected chi connectivity index (χ3v) is 10.0. The van der Waals surface area contributed by atoms with Gasteiger partial charge in [0, 0.05) is 47.1 Å². The molecule has 1 saturated carbocycles. The first-order valence-corrected chi connectivity index (χ1v) is 17.2.